The lowest BCUT2D eigenvalue weighted by atomic mass is 10.1. The Morgan fingerprint density at radius 3 is 2.60 bits per heavy atom. The number of nitro benzene ring substituents is 1. The summed E-state index contributed by atoms with van der Waals surface area (Å²) in [7, 11) is 1.68. The number of hydrogen-bond donors (Lipinski definition) is 0. The standard InChI is InChI=1S/C19H18N2O4/c1-13(18-11-15-8-4-6-10-17(15)25-18)20(2)19(22)12-14-7-3-5-9-16(14)21(23)24/h3-11,13H,12H2,1-2H3. The van der Waals surface area contributed by atoms with E-state index in [0.29, 0.717) is 11.3 Å². The molecule has 128 valence electrons. The minimum atomic E-state index is -0.467. The summed E-state index contributed by atoms with van der Waals surface area (Å²) in [5.74, 6) is 0.474. The van der Waals surface area contributed by atoms with Gasteiger partial charge in [-0.2, -0.15) is 0 Å². The lowest BCUT2D eigenvalue weighted by molar-refractivity contribution is -0.385. The van der Waals surface area contributed by atoms with Crippen LogP contribution >= 0.6 is 0 Å². The number of carbonyl (C=O) groups is 1. The van der Waals surface area contributed by atoms with Gasteiger partial charge in [-0.3, -0.25) is 14.9 Å². The summed E-state index contributed by atoms with van der Waals surface area (Å²) in [6.07, 6.45) is -0.0295. The van der Waals surface area contributed by atoms with Gasteiger partial charge >= 0.3 is 0 Å². The average molecular weight is 338 g/mol. The van der Waals surface area contributed by atoms with E-state index in [0.717, 1.165) is 11.0 Å². The Bertz CT molecular complexity index is 899. The summed E-state index contributed by atoms with van der Waals surface area (Å²) in [4.78, 5) is 24.8. The van der Waals surface area contributed by atoms with Crippen molar-refractivity contribution < 1.29 is 14.1 Å². The number of carbonyl (C=O) groups excluding carboxylic acids is 1. The van der Waals surface area contributed by atoms with Crippen LogP contribution in [0.15, 0.2) is 59.0 Å². The van der Waals surface area contributed by atoms with Gasteiger partial charge in [-0.15, -0.1) is 0 Å². The number of benzene rings is 2. The van der Waals surface area contributed by atoms with Crippen LogP contribution in [0.25, 0.3) is 11.0 Å². The van der Waals surface area contributed by atoms with Crippen LogP contribution < -0.4 is 0 Å². The van der Waals surface area contributed by atoms with E-state index in [9.17, 15) is 14.9 Å². The number of nitrogens with zero attached hydrogens (tertiary/aromatic N) is 2. The molecule has 25 heavy (non-hydrogen) atoms. The molecule has 1 unspecified atom stereocenters. The maximum atomic E-state index is 12.6. The second kappa shape index (κ2) is 6.76. The highest BCUT2D eigenvalue weighted by molar-refractivity contribution is 5.81. The molecule has 3 aromatic rings. The van der Waals surface area contributed by atoms with Crippen LogP contribution in [-0.4, -0.2) is 22.8 Å². The Morgan fingerprint density at radius 2 is 1.88 bits per heavy atom. The molecular weight excluding hydrogens is 320 g/mol. The van der Waals surface area contributed by atoms with Crippen molar-refractivity contribution >= 4 is 22.6 Å². The van der Waals surface area contributed by atoms with Crippen molar-refractivity contribution in [2.45, 2.75) is 19.4 Å². The minimum absolute atomic E-state index is 0.0295. The molecule has 0 spiro atoms. The molecule has 3 rings (SSSR count). The molecule has 6 nitrogen and oxygen atoms in total. The van der Waals surface area contributed by atoms with Gasteiger partial charge in [-0.1, -0.05) is 36.4 Å². The SMILES string of the molecule is CC(c1cc2ccccc2o1)N(C)C(=O)Cc1ccccc1[N+](=O)[O-]. The van der Waals surface area contributed by atoms with E-state index in [1.54, 1.807) is 30.1 Å². The van der Waals surface area contributed by atoms with E-state index in [2.05, 4.69) is 0 Å². The zero-order chi connectivity index (χ0) is 18.0. The van der Waals surface area contributed by atoms with Gasteiger partial charge in [-0.25, -0.2) is 0 Å². The third kappa shape index (κ3) is 3.38. The molecule has 0 saturated carbocycles. The molecule has 6 heteroatoms. The summed E-state index contributed by atoms with van der Waals surface area (Å²) in [5.41, 5.74) is 1.13. The van der Waals surface area contributed by atoms with Gasteiger partial charge in [0.2, 0.25) is 5.91 Å². The molecule has 0 radical (unpaired) electrons. The quantitative estimate of drug-likeness (QED) is 0.518. The highest BCUT2D eigenvalue weighted by Gasteiger charge is 2.23. The molecule has 1 amide bonds. The van der Waals surface area contributed by atoms with Crippen molar-refractivity contribution in [3.05, 3.63) is 76.0 Å². The van der Waals surface area contributed by atoms with Crippen LogP contribution in [0.2, 0.25) is 0 Å². The van der Waals surface area contributed by atoms with E-state index in [1.807, 2.05) is 37.3 Å². The van der Waals surface area contributed by atoms with Crippen LogP contribution in [0.5, 0.6) is 0 Å². The van der Waals surface area contributed by atoms with Crippen LogP contribution in [0.3, 0.4) is 0 Å². The van der Waals surface area contributed by atoms with Crippen LogP contribution in [0.4, 0.5) is 5.69 Å². The molecule has 0 aliphatic rings. The zero-order valence-corrected chi connectivity index (χ0v) is 14.0. The normalized spacial score (nSPS) is 12.1. The number of amides is 1. The smallest absolute Gasteiger partial charge is 0.273 e. The molecule has 0 fully saturated rings. The van der Waals surface area contributed by atoms with Crippen LogP contribution in [0, 0.1) is 10.1 Å². The predicted octanol–water partition coefficient (Wildman–Crippen LogP) is 4.10. The van der Waals surface area contributed by atoms with E-state index < -0.39 is 4.92 Å². The first-order chi connectivity index (χ1) is 12.0. The Kier molecular flexibility index (Phi) is 4.52. The van der Waals surface area contributed by atoms with Gasteiger partial charge < -0.3 is 9.32 Å². The number of furan rings is 1. The maximum Gasteiger partial charge on any atom is 0.273 e. The topological polar surface area (TPSA) is 76.6 Å². The molecule has 0 bridgehead atoms. The molecule has 0 N–H and O–H groups in total. The van der Waals surface area contributed by atoms with Crippen molar-refractivity contribution in [1.82, 2.24) is 4.90 Å². The second-order valence-electron chi connectivity index (χ2n) is 5.93. The van der Waals surface area contributed by atoms with Crippen molar-refractivity contribution in [3.8, 4) is 0 Å². The van der Waals surface area contributed by atoms with Gasteiger partial charge in [0.05, 0.1) is 17.4 Å². The summed E-state index contributed by atoms with van der Waals surface area (Å²) in [5, 5.41) is 12.1. The summed E-state index contributed by atoms with van der Waals surface area (Å²) in [6.45, 7) is 1.87. The average Bonchev–Trinajstić information content (AvgIpc) is 3.04. The van der Waals surface area contributed by atoms with Gasteiger partial charge in [0.25, 0.3) is 5.69 Å². The fourth-order valence-electron chi connectivity index (χ4n) is 2.74. The van der Waals surface area contributed by atoms with Gasteiger partial charge in [0.15, 0.2) is 0 Å². The highest BCUT2D eigenvalue weighted by Crippen LogP contribution is 2.27. The Balaban J connectivity index is 1.79. The Labute approximate surface area is 144 Å². The molecule has 1 atom stereocenters. The number of fused-ring (bicyclic) bond motifs is 1. The summed E-state index contributed by atoms with van der Waals surface area (Å²) >= 11 is 0. The van der Waals surface area contributed by atoms with Crippen LogP contribution in [-0.2, 0) is 11.2 Å². The highest BCUT2D eigenvalue weighted by atomic mass is 16.6. The second-order valence-corrected chi connectivity index (χ2v) is 5.93. The zero-order valence-electron chi connectivity index (χ0n) is 14.0. The largest absolute Gasteiger partial charge is 0.459 e. The number of hydrogen-bond acceptors (Lipinski definition) is 4. The molecule has 0 saturated heterocycles. The maximum absolute atomic E-state index is 12.6. The molecule has 2 aromatic carbocycles. The minimum Gasteiger partial charge on any atom is -0.459 e. The molecule has 1 aromatic heterocycles. The lowest BCUT2D eigenvalue weighted by Gasteiger charge is -2.23. The first kappa shape index (κ1) is 16.7. The number of nitro groups is 1. The Hall–Kier alpha value is -3.15. The first-order valence-electron chi connectivity index (χ1n) is 7.94. The van der Waals surface area contributed by atoms with Gasteiger partial charge in [0.1, 0.15) is 11.3 Å². The molecule has 0 aliphatic carbocycles. The summed E-state index contributed by atoms with van der Waals surface area (Å²) in [6, 6.07) is 15.6. The van der Waals surface area contributed by atoms with Crippen molar-refractivity contribution in [1.29, 1.82) is 0 Å². The third-order valence-electron chi connectivity index (χ3n) is 4.36. The van der Waals surface area contributed by atoms with Gasteiger partial charge in [-0.05, 0) is 19.1 Å². The Morgan fingerprint density at radius 1 is 1.20 bits per heavy atom. The van der Waals surface area contributed by atoms with E-state index in [1.165, 1.54) is 6.07 Å². The van der Waals surface area contributed by atoms with E-state index >= 15 is 0 Å². The van der Waals surface area contributed by atoms with Crippen molar-refractivity contribution in [2.24, 2.45) is 0 Å². The van der Waals surface area contributed by atoms with Crippen LogP contribution in [0.1, 0.15) is 24.3 Å². The fraction of sp³-hybridized carbons (Fsp3) is 0.211. The monoisotopic (exact) mass is 338 g/mol. The third-order valence-corrected chi connectivity index (χ3v) is 4.36. The molecule has 1 heterocycles. The fourth-order valence-corrected chi connectivity index (χ4v) is 2.74. The predicted molar refractivity (Wildman–Crippen MR) is 94.2 cm³/mol. The van der Waals surface area contributed by atoms with E-state index in [-0.39, 0.29) is 24.1 Å². The number of para-hydroxylation sites is 2. The number of rotatable bonds is 5. The summed E-state index contributed by atoms with van der Waals surface area (Å²) < 4.78 is 5.81. The molecule has 0 aliphatic heterocycles. The van der Waals surface area contributed by atoms with E-state index in [4.69, 9.17) is 4.42 Å². The van der Waals surface area contributed by atoms with Crippen molar-refractivity contribution in [3.63, 3.8) is 0 Å². The van der Waals surface area contributed by atoms with Gasteiger partial charge in [0, 0.05) is 24.1 Å². The first-order valence-corrected chi connectivity index (χ1v) is 7.94. The molecular formula is C19H18N2O4. The lowest BCUT2D eigenvalue weighted by Crippen LogP contribution is -2.30. The number of likely N-dealkylation sites (N-methyl/N-ethyl adjacent to an activating group) is 1. The van der Waals surface area contributed by atoms with Crippen molar-refractivity contribution in [2.75, 3.05) is 7.05 Å².